The van der Waals surface area contributed by atoms with Crippen molar-refractivity contribution in [2.24, 2.45) is 11.8 Å². The van der Waals surface area contributed by atoms with Crippen molar-refractivity contribution in [1.29, 1.82) is 0 Å². The maximum absolute atomic E-state index is 11.9. The fourth-order valence-corrected chi connectivity index (χ4v) is 3.26. The van der Waals surface area contributed by atoms with Crippen LogP contribution in [0.25, 0.3) is 0 Å². The summed E-state index contributed by atoms with van der Waals surface area (Å²) in [5, 5.41) is 0. The number of hydrogen-bond donors (Lipinski definition) is 0. The van der Waals surface area contributed by atoms with Crippen LogP contribution in [0.15, 0.2) is 0 Å². The first kappa shape index (κ1) is 13.1. The predicted molar refractivity (Wildman–Crippen MR) is 68.4 cm³/mol. The summed E-state index contributed by atoms with van der Waals surface area (Å²) >= 11 is 1.81. The minimum absolute atomic E-state index is 0.396. The van der Waals surface area contributed by atoms with Crippen molar-refractivity contribution in [2.45, 2.75) is 52.4 Å². The lowest BCUT2D eigenvalue weighted by atomic mass is 9.78. The van der Waals surface area contributed by atoms with Crippen LogP contribution in [-0.4, -0.2) is 17.3 Å². The fraction of sp³-hybridized carbons (Fsp3) is 0.923. The highest BCUT2D eigenvalue weighted by molar-refractivity contribution is 7.99. The number of carbonyl (C=O) groups excluding carboxylic acids is 1. The molecule has 0 aliphatic heterocycles. The van der Waals surface area contributed by atoms with Crippen LogP contribution in [-0.2, 0) is 4.79 Å². The summed E-state index contributed by atoms with van der Waals surface area (Å²) in [6.45, 7) is 4.43. The van der Waals surface area contributed by atoms with E-state index in [0.29, 0.717) is 11.7 Å². The Bertz CT molecular complexity index is 191. The van der Waals surface area contributed by atoms with E-state index < -0.39 is 0 Å². The summed E-state index contributed by atoms with van der Waals surface area (Å²) < 4.78 is 0. The lowest BCUT2D eigenvalue weighted by Crippen LogP contribution is -2.24. The molecular formula is C13H24OS. The minimum atomic E-state index is 0.396. The van der Waals surface area contributed by atoms with Crippen molar-refractivity contribution in [3.8, 4) is 0 Å². The molecule has 0 amide bonds. The Balaban J connectivity index is 2.25. The molecule has 0 saturated heterocycles. The van der Waals surface area contributed by atoms with Gasteiger partial charge in [-0.1, -0.05) is 33.1 Å². The Hall–Kier alpha value is 0.0200. The molecule has 1 aliphatic rings. The molecule has 88 valence electrons. The number of ketones is 1. The third-order valence-electron chi connectivity index (χ3n) is 3.41. The van der Waals surface area contributed by atoms with Crippen LogP contribution in [0.5, 0.6) is 0 Å². The molecule has 1 fully saturated rings. The van der Waals surface area contributed by atoms with Gasteiger partial charge in [-0.3, -0.25) is 4.79 Å². The quantitative estimate of drug-likeness (QED) is 0.641. The molecule has 1 nitrogen and oxygen atoms in total. The first-order valence-electron chi connectivity index (χ1n) is 6.38. The Morgan fingerprint density at radius 1 is 1.33 bits per heavy atom. The second kappa shape index (κ2) is 7.32. The largest absolute Gasteiger partial charge is 0.298 e. The van der Waals surface area contributed by atoms with Gasteiger partial charge in [-0.15, -0.1) is 0 Å². The van der Waals surface area contributed by atoms with E-state index in [1.165, 1.54) is 32.1 Å². The molecular weight excluding hydrogens is 204 g/mol. The summed E-state index contributed by atoms with van der Waals surface area (Å²) in [4.78, 5) is 11.9. The van der Waals surface area contributed by atoms with Crippen LogP contribution in [0, 0.1) is 11.8 Å². The zero-order valence-electron chi connectivity index (χ0n) is 10.1. The smallest absolute Gasteiger partial charge is 0.145 e. The zero-order chi connectivity index (χ0) is 11.1. The first-order valence-corrected chi connectivity index (χ1v) is 7.53. The van der Waals surface area contributed by atoms with Crippen LogP contribution >= 0.6 is 11.8 Å². The van der Waals surface area contributed by atoms with Crippen molar-refractivity contribution < 1.29 is 4.79 Å². The molecule has 1 rings (SSSR count). The van der Waals surface area contributed by atoms with Crippen LogP contribution in [0.1, 0.15) is 52.4 Å². The monoisotopic (exact) mass is 228 g/mol. The molecule has 1 saturated carbocycles. The average Bonchev–Trinajstić information content (AvgIpc) is 2.29. The zero-order valence-corrected chi connectivity index (χ0v) is 10.9. The molecule has 2 heteroatoms. The number of thioether (sulfide) groups is 1. The summed E-state index contributed by atoms with van der Waals surface area (Å²) in [7, 11) is 0. The lowest BCUT2D eigenvalue weighted by molar-refractivity contribution is -0.121. The van der Waals surface area contributed by atoms with E-state index in [-0.39, 0.29) is 0 Å². The molecule has 2 atom stereocenters. The summed E-state index contributed by atoms with van der Waals surface area (Å²) in [5.74, 6) is 3.63. The van der Waals surface area contributed by atoms with Crippen LogP contribution < -0.4 is 0 Å². The second-order valence-corrected chi connectivity index (χ2v) is 5.76. The van der Waals surface area contributed by atoms with Crippen LogP contribution in [0.3, 0.4) is 0 Å². The first-order chi connectivity index (χ1) is 7.27. The summed E-state index contributed by atoms with van der Waals surface area (Å²) in [6.07, 6.45) is 7.38. The van der Waals surface area contributed by atoms with Crippen molar-refractivity contribution in [1.82, 2.24) is 0 Å². The van der Waals surface area contributed by atoms with Crippen molar-refractivity contribution in [3.05, 3.63) is 0 Å². The Morgan fingerprint density at radius 2 is 2.13 bits per heavy atom. The van der Waals surface area contributed by atoms with E-state index in [2.05, 4.69) is 13.8 Å². The van der Waals surface area contributed by atoms with E-state index in [9.17, 15) is 4.79 Å². The van der Waals surface area contributed by atoms with Gasteiger partial charge >= 0.3 is 0 Å². The van der Waals surface area contributed by atoms with E-state index in [0.717, 1.165) is 23.8 Å². The molecule has 0 aromatic rings. The standard InChI is InChI=1S/C13H24OS/c1-3-8-15-10-13(14)12-7-5-6-11(4-2)9-12/h11-12H,3-10H2,1-2H3. The number of rotatable bonds is 6. The SMILES string of the molecule is CCCSCC(=O)C1CCCC(CC)C1. The third kappa shape index (κ3) is 4.58. The topological polar surface area (TPSA) is 17.1 Å². The highest BCUT2D eigenvalue weighted by Crippen LogP contribution is 2.32. The van der Waals surface area contributed by atoms with Crippen LogP contribution in [0.4, 0.5) is 0 Å². The highest BCUT2D eigenvalue weighted by Gasteiger charge is 2.25. The molecule has 0 radical (unpaired) electrons. The molecule has 0 heterocycles. The van der Waals surface area contributed by atoms with Gasteiger partial charge in [0.25, 0.3) is 0 Å². The number of hydrogen-bond acceptors (Lipinski definition) is 2. The molecule has 15 heavy (non-hydrogen) atoms. The predicted octanol–water partition coefficient (Wildman–Crippen LogP) is 3.92. The van der Waals surface area contributed by atoms with Gasteiger partial charge < -0.3 is 0 Å². The second-order valence-electron chi connectivity index (χ2n) is 4.66. The number of Topliss-reactive ketones (excluding diaryl/α,β-unsaturated/α-hetero) is 1. The van der Waals surface area contributed by atoms with Gasteiger partial charge in [0.1, 0.15) is 5.78 Å². The van der Waals surface area contributed by atoms with Crippen molar-refractivity contribution >= 4 is 17.5 Å². The van der Waals surface area contributed by atoms with E-state index in [1.807, 2.05) is 11.8 Å². The molecule has 0 spiro atoms. The Morgan fingerprint density at radius 3 is 2.80 bits per heavy atom. The molecule has 0 N–H and O–H groups in total. The Kier molecular flexibility index (Phi) is 6.39. The van der Waals surface area contributed by atoms with Gasteiger partial charge in [-0.05, 0) is 30.9 Å². The molecule has 0 aromatic heterocycles. The van der Waals surface area contributed by atoms with E-state index in [4.69, 9.17) is 0 Å². The minimum Gasteiger partial charge on any atom is -0.298 e. The maximum Gasteiger partial charge on any atom is 0.145 e. The molecule has 1 aliphatic carbocycles. The van der Waals surface area contributed by atoms with Gasteiger partial charge in [-0.2, -0.15) is 11.8 Å². The van der Waals surface area contributed by atoms with Gasteiger partial charge in [-0.25, -0.2) is 0 Å². The molecule has 0 aromatic carbocycles. The molecule has 0 bridgehead atoms. The normalized spacial score (nSPS) is 26.5. The lowest BCUT2D eigenvalue weighted by Gasteiger charge is -2.27. The average molecular weight is 228 g/mol. The van der Waals surface area contributed by atoms with Crippen molar-refractivity contribution in [2.75, 3.05) is 11.5 Å². The maximum atomic E-state index is 11.9. The van der Waals surface area contributed by atoms with E-state index in [1.54, 1.807) is 0 Å². The molecule has 2 unspecified atom stereocenters. The van der Waals surface area contributed by atoms with Crippen molar-refractivity contribution in [3.63, 3.8) is 0 Å². The number of carbonyl (C=O) groups is 1. The highest BCUT2D eigenvalue weighted by atomic mass is 32.2. The van der Waals surface area contributed by atoms with Gasteiger partial charge in [0.2, 0.25) is 0 Å². The van der Waals surface area contributed by atoms with Gasteiger partial charge in [0, 0.05) is 5.92 Å². The Labute approximate surface area is 98.4 Å². The summed E-state index contributed by atoms with van der Waals surface area (Å²) in [6, 6.07) is 0. The summed E-state index contributed by atoms with van der Waals surface area (Å²) in [5.41, 5.74) is 0. The van der Waals surface area contributed by atoms with Gasteiger partial charge in [0.05, 0.1) is 5.75 Å². The van der Waals surface area contributed by atoms with Gasteiger partial charge in [0.15, 0.2) is 0 Å². The fourth-order valence-electron chi connectivity index (χ4n) is 2.39. The third-order valence-corrected chi connectivity index (χ3v) is 4.59. The van der Waals surface area contributed by atoms with Crippen LogP contribution in [0.2, 0.25) is 0 Å². The van der Waals surface area contributed by atoms with E-state index >= 15 is 0 Å².